The Balaban J connectivity index is 0. The molecule has 0 aromatic heterocycles. The van der Waals surface area contributed by atoms with Gasteiger partial charge in [-0.2, -0.15) is 4.21 Å². The molecule has 0 aliphatic carbocycles. The van der Waals surface area contributed by atoms with Crippen LogP contribution in [-0.2, 0) is 15.6 Å². The van der Waals surface area contributed by atoms with Crippen LogP contribution in [0.15, 0.2) is 0 Å². The zero-order valence-electron chi connectivity index (χ0n) is 1.72. The Bertz CT molecular complexity index is 8.00. The van der Waals surface area contributed by atoms with E-state index in [1.807, 2.05) is 0 Å². The van der Waals surface area contributed by atoms with Crippen molar-refractivity contribution in [2.75, 3.05) is 0 Å². The van der Waals surface area contributed by atoms with Crippen molar-refractivity contribution in [1.82, 2.24) is 0 Å². The van der Waals surface area contributed by atoms with E-state index >= 15 is 0 Å². The van der Waals surface area contributed by atoms with E-state index in [1.54, 1.807) is 0 Å². The summed E-state index contributed by atoms with van der Waals surface area (Å²) in [5, 5.41) is 0. The van der Waals surface area contributed by atoms with Crippen LogP contribution in [0.4, 0.5) is 0 Å². The van der Waals surface area contributed by atoms with Crippen molar-refractivity contribution in [2.24, 2.45) is 0 Å². The molecule has 2 nitrogen and oxygen atoms in total. The second kappa shape index (κ2) is 64.8. The van der Waals surface area contributed by atoms with Crippen molar-refractivity contribution in [2.45, 2.75) is 0 Å². The maximum atomic E-state index is 8.34. The van der Waals surface area contributed by atoms with Crippen LogP contribution in [0.5, 0.6) is 0 Å². The van der Waals surface area contributed by atoms with Crippen molar-refractivity contribution in [3.05, 3.63) is 0 Å². The van der Waals surface area contributed by atoms with E-state index in [9.17, 15) is 0 Å². The Morgan fingerprint density at radius 1 is 1.25 bits per heavy atom. The summed E-state index contributed by atoms with van der Waals surface area (Å²) in [5.41, 5.74) is 0. The maximum absolute atomic E-state index is 8.34. The van der Waals surface area contributed by atoms with Crippen LogP contribution in [0, 0.1) is 0 Å². The monoisotopic (exact) mass is 184 g/mol. The average Bonchev–Trinajstić information content (AvgIpc) is 1.50. The molecule has 22 valence electrons. The Morgan fingerprint density at radius 3 is 1.25 bits per heavy atom. The molecule has 0 unspecified atom stereocenters. The van der Waals surface area contributed by atoms with E-state index in [0.717, 1.165) is 0 Å². The minimum absolute atomic E-state index is 0.300. The van der Waals surface area contributed by atoms with Gasteiger partial charge in [0.25, 0.3) is 0 Å². The van der Waals surface area contributed by atoms with Crippen molar-refractivity contribution in [3.63, 3.8) is 0 Å². The van der Waals surface area contributed by atoms with E-state index in [-0.39, 0.29) is 0 Å². The van der Waals surface area contributed by atoms with Crippen LogP contribution < -0.4 is 0 Å². The zero-order valence-corrected chi connectivity index (χ0v) is 5.40. The topological polar surface area (TPSA) is 34.1 Å². The fourth-order valence-corrected chi connectivity index (χ4v) is 0. The minimum atomic E-state index is 0.300. The molecule has 0 heterocycles. The first-order valence-electron chi connectivity index (χ1n) is 0.371. The quantitative estimate of drug-likeness (QED) is 0.459. The second-order valence-electron chi connectivity index (χ2n) is 0. The summed E-state index contributed by atoms with van der Waals surface area (Å²) in [5.74, 6) is 0. The molecule has 0 saturated carbocycles. The molecule has 0 aromatic rings. The number of hydrogen-bond donors (Lipinski definition) is 0. The zero-order chi connectivity index (χ0) is 4.00. The predicted molar refractivity (Wildman–Crippen MR) is 14.6 cm³/mol. The molecular weight excluding hydrogens is 183 g/mol. The van der Waals surface area contributed by atoms with Gasteiger partial charge < -0.3 is 0 Å². The fraction of sp³-hybridized carbons (Fsp3) is 0. The van der Waals surface area contributed by atoms with Gasteiger partial charge in [0, 0.05) is 0 Å². The molecule has 0 saturated heterocycles. The molecule has 0 atom stereocenters. The van der Waals surface area contributed by atoms with E-state index in [4.69, 9.17) is 7.29 Å². The average molecular weight is 183 g/mol. The Labute approximate surface area is 42.6 Å². The summed E-state index contributed by atoms with van der Waals surface area (Å²) in [7, 11) is 0. The molecule has 0 aliphatic heterocycles. The number of rotatable bonds is 0. The van der Waals surface area contributed by atoms with Crippen molar-refractivity contribution in [1.29, 1.82) is 0 Å². The molecule has 4 heteroatoms. The Hall–Kier alpha value is 0.619. The van der Waals surface area contributed by atoms with E-state index in [1.165, 1.54) is 0 Å². The first-order valence-corrected chi connectivity index (χ1v) is 1.87. The van der Waals surface area contributed by atoms with Crippen LogP contribution in [0.1, 0.15) is 0 Å². The first kappa shape index (κ1) is 8.82. The van der Waals surface area contributed by atoms with E-state index in [0.29, 0.717) is 22.5 Å². The molecule has 4 heavy (non-hydrogen) atoms. The van der Waals surface area contributed by atoms with Crippen LogP contribution in [0.3, 0.4) is 0 Å². The van der Waals surface area contributed by atoms with E-state index < -0.39 is 0 Å². The second-order valence-corrected chi connectivity index (χ2v) is 0. The molecule has 0 aliphatic rings. The molecule has 0 N–H and O–H groups in total. The normalized spacial score (nSPS) is 2.00. The van der Waals surface area contributed by atoms with Gasteiger partial charge in [-0.3, -0.25) is 0 Å². The van der Waals surface area contributed by atoms with Crippen LogP contribution in [0.2, 0.25) is 0 Å². The van der Waals surface area contributed by atoms with E-state index in [2.05, 4.69) is 12.5 Å². The van der Waals surface area contributed by atoms with Crippen LogP contribution in [-0.4, -0.2) is 26.7 Å². The van der Waals surface area contributed by atoms with Crippen molar-refractivity contribution >= 4 is 35.0 Å². The fourth-order valence-electron chi connectivity index (χ4n) is 0. The van der Waals surface area contributed by atoms with Gasteiger partial charge in [-0.05, 0) is 0 Å². The first-order chi connectivity index (χ1) is 2.00. The van der Waals surface area contributed by atoms with Gasteiger partial charge in [-0.25, -0.2) is 0 Å². The molecule has 0 rings (SSSR count). The van der Waals surface area contributed by atoms with Gasteiger partial charge in [0.1, 0.15) is 0 Å². The van der Waals surface area contributed by atoms with Crippen molar-refractivity contribution < 1.29 is 7.29 Å². The van der Waals surface area contributed by atoms with Gasteiger partial charge in [0.2, 0.25) is 0 Å². The molecule has 0 aromatic carbocycles. The third-order valence-electron chi connectivity index (χ3n) is 0. The predicted octanol–water partition coefficient (Wildman–Crippen LogP) is -0.836. The van der Waals surface area contributed by atoms with Crippen LogP contribution in [0.25, 0.3) is 0 Å². The summed E-state index contributed by atoms with van der Waals surface area (Å²) in [6.07, 6.45) is 0. The summed E-state index contributed by atoms with van der Waals surface area (Å²) < 4.78 is 16.2. The summed E-state index contributed by atoms with van der Waals surface area (Å²) in [4.78, 5) is 0. The SMILES string of the molecule is O=S.[O]=[Sn]. The molecular formula is O2SSn. The van der Waals surface area contributed by atoms with Gasteiger partial charge >= 0.3 is 25.6 Å². The molecule has 2 radical (unpaired) electrons. The molecule has 0 spiro atoms. The van der Waals surface area contributed by atoms with Gasteiger partial charge in [-0.15, -0.1) is 0 Å². The summed E-state index contributed by atoms with van der Waals surface area (Å²) in [6.45, 7) is 0. The third kappa shape index (κ3) is 17.9. The van der Waals surface area contributed by atoms with Crippen LogP contribution >= 0.6 is 0 Å². The Morgan fingerprint density at radius 2 is 1.25 bits per heavy atom. The number of hydrogen-bond acceptors (Lipinski definition) is 3. The summed E-state index contributed by atoms with van der Waals surface area (Å²) in [6, 6.07) is 0. The summed E-state index contributed by atoms with van der Waals surface area (Å²) >= 11 is 3.13. The molecule has 0 amide bonds. The third-order valence-corrected chi connectivity index (χ3v) is 0. The molecule has 0 fully saturated rings. The Kier molecular flexibility index (Phi) is 143. The van der Waals surface area contributed by atoms with Gasteiger partial charge in [-0.1, -0.05) is 0 Å². The van der Waals surface area contributed by atoms with Gasteiger partial charge in [0.15, 0.2) is 12.5 Å². The molecule has 0 bridgehead atoms. The van der Waals surface area contributed by atoms with Crippen molar-refractivity contribution in [3.8, 4) is 0 Å². The van der Waals surface area contributed by atoms with Gasteiger partial charge in [0.05, 0.1) is 0 Å². The standard InChI is InChI=1S/OS.O.Sn/c1-2;;.